The van der Waals surface area contributed by atoms with Gasteiger partial charge in [-0.05, 0) is 24.1 Å². The summed E-state index contributed by atoms with van der Waals surface area (Å²) in [6, 6.07) is 12.0. The van der Waals surface area contributed by atoms with Gasteiger partial charge in [0.25, 0.3) is 0 Å². The molecule has 0 spiro atoms. The molecule has 0 radical (unpaired) electrons. The van der Waals surface area contributed by atoms with Crippen molar-refractivity contribution in [1.29, 1.82) is 0 Å². The van der Waals surface area contributed by atoms with Crippen LogP contribution in [0.3, 0.4) is 0 Å². The van der Waals surface area contributed by atoms with Crippen molar-refractivity contribution in [1.82, 2.24) is 0 Å². The van der Waals surface area contributed by atoms with Crippen LogP contribution in [-0.4, -0.2) is 6.61 Å². The Balaban J connectivity index is 1.98. The zero-order valence-corrected chi connectivity index (χ0v) is 12.9. The molecule has 0 fully saturated rings. The number of hydrogen-bond acceptors (Lipinski definition) is 1. The first-order chi connectivity index (χ1) is 10.7. The van der Waals surface area contributed by atoms with E-state index in [1.165, 1.54) is 18.9 Å². The third kappa shape index (κ3) is 4.30. The Morgan fingerprint density at radius 2 is 1.55 bits per heavy atom. The Labute approximate surface area is 130 Å². The number of hydrogen-bond donors (Lipinski definition) is 0. The van der Waals surface area contributed by atoms with E-state index < -0.39 is 11.6 Å². The van der Waals surface area contributed by atoms with Crippen LogP contribution in [0.4, 0.5) is 8.78 Å². The largest absolute Gasteiger partial charge is 0.490 e. The summed E-state index contributed by atoms with van der Waals surface area (Å²) in [5.74, 6) is -1.77. The van der Waals surface area contributed by atoms with Crippen LogP contribution < -0.4 is 4.74 Å². The van der Waals surface area contributed by atoms with Gasteiger partial charge in [0.15, 0.2) is 11.6 Å². The Bertz CT molecular complexity index is 581. The number of halogens is 2. The monoisotopic (exact) mass is 304 g/mol. The predicted molar refractivity (Wildman–Crippen MR) is 86.0 cm³/mol. The highest BCUT2D eigenvalue weighted by Gasteiger charge is 2.15. The van der Waals surface area contributed by atoms with Gasteiger partial charge in [-0.25, -0.2) is 4.39 Å². The molecule has 0 saturated carbocycles. The van der Waals surface area contributed by atoms with Gasteiger partial charge < -0.3 is 4.74 Å². The van der Waals surface area contributed by atoms with E-state index in [0.717, 1.165) is 19.3 Å². The smallest absolute Gasteiger partial charge is 0.201 e. The first-order valence-corrected chi connectivity index (χ1v) is 7.90. The van der Waals surface area contributed by atoms with Gasteiger partial charge in [0.05, 0.1) is 6.61 Å². The van der Waals surface area contributed by atoms with Crippen LogP contribution in [0.2, 0.25) is 0 Å². The molecule has 2 aromatic rings. The Morgan fingerprint density at radius 1 is 0.818 bits per heavy atom. The normalized spacial score (nSPS) is 10.7. The molecule has 1 nitrogen and oxygen atoms in total. The molecule has 0 aliphatic heterocycles. The summed E-state index contributed by atoms with van der Waals surface area (Å²) in [7, 11) is 0. The van der Waals surface area contributed by atoms with Gasteiger partial charge in [0, 0.05) is 5.56 Å². The molecule has 0 N–H and O–H groups in total. The molecule has 0 aromatic heterocycles. The van der Waals surface area contributed by atoms with E-state index in [1.807, 2.05) is 6.07 Å². The predicted octanol–water partition coefficient (Wildman–Crippen LogP) is 5.98. The number of rotatable bonds is 8. The van der Waals surface area contributed by atoms with E-state index in [0.29, 0.717) is 12.2 Å². The maximum Gasteiger partial charge on any atom is 0.201 e. The van der Waals surface area contributed by atoms with E-state index >= 15 is 0 Å². The summed E-state index contributed by atoms with van der Waals surface area (Å²) in [6.07, 6.45) is 5.46. The van der Waals surface area contributed by atoms with Gasteiger partial charge in [-0.1, -0.05) is 62.9 Å². The number of benzene rings is 2. The van der Waals surface area contributed by atoms with Crippen LogP contribution in [0.25, 0.3) is 11.1 Å². The van der Waals surface area contributed by atoms with Gasteiger partial charge in [-0.15, -0.1) is 0 Å². The highest BCUT2D eigenvalue weighted by atomic mass is 19.2. The molecule has 0 saturated heterocycles. The third-order valence-electron chi connectivity index (χ3n) is 3.64. The van der Waals surface area contributed by atoms with Crippen LogP contribution in [0, 0.1) is 11.6 Å². The standard InChI is InChI=1S/C19H22F2O/c1-2-3-4-5-9-14-22-17-13-12-16(18(20)19(17)21)15-10-7-6-8-11-15/h6-8,10-13H,2-5,9,14H2,1H3. The average Bonchev–Trinajstić information content (AvgIpc) is 2.55. The quantitative estimate of drug-likeness (QED) is 0.545. The topological polar surface area (TPSA) is 9.23 Å². The molecule has 118 valence electrons. The minimum atomic E-state index is -0.907. The fraction of sp³-hybridized carbons (Fsp3) is 0.368. The molecule has 0 bridgehead atoms. The van der Waals surface area contributed by atoms with Crippen molar-refractivity contribution < 1.29 is 13.5 Å². The molecule has 0 amide bonds. The molecule has 0 aliphatic carbocycles. The zero-order chi connectivity index (χ0) is 15.8. The summed E-state index contributed by atoms with van der Waals surface area (Å²) in [4.78, 5) is 0. The van der Waals surface area contributed by atoms with Crippen LogP contribution >= 0.6 is 0 Å². The molecule has 0 aliphatic rings. The minimum absolute atomic E-state index is 0.00678. The Morgan fingerprint density at radius 3 is 2.27 bits per heavy atom. The van der Waals surface area contributed by atoms with Gasteiger partial charge in [-0.2, -0.15) is 4.39 Å². The maximum atomic E-state index is 14.2. The van der Waals surface area contributed by atoms with Crippen molar-refractivity contribution in [2.24, 2.45) is 0 Å². The Hall–Kier alpha value is -1.90. The molecule has 0 atom stereocenters. The van der Waals surface area contributed by atoms with Crippen molar-refractivity contribution >= 4 is 0 Å². The summed E-state index contributed by atoms with van der Waals surface area (Å²) >= 11 is 0. The second kappa shape index (κ2) is 8.52. The summed E-state index contributed by atoms with van der Waals surface area (Å²) < 4.78 is 33.6. The van der Waals surface area contributed by atoms with Gasteiger partial charge in [0.2, 0.25) is 5.82 Å². The van der Waals surface area contributed by atoms with E-state index in [9.17, 15) is 8.78 Å². The first-order valence-electron chi connectivity index (χ1n) is 7.90. The zero-order valence-electron chi connectivity index (χ0n) is 12.9. The lowest BCUT2D eigenvalue weighted by molar-refractivity contribution is 0.285. The van der Waals surface area contributed by atoms with E-state index in [4.69, 9.17) is 4.74 Å². The SMILES string of the molecule is CCCCCCCOc1ccc(-c2ccccc2)c(F)c1F. The molecule has 2 aromatic carbocycles. The summed E-state index contributed by atoms with van der Waals surface area (Å²) in [5.41, 5.74) is 0.915. The number of unbranched alkanes of at least 4 members (excludes halogenated alkanes) is 4. The minimum Gasteiger partial charge on any atom is -0.490 e. The first kappa shape index (κ1) is 16.5. The molecule has 3 heteroatoms. The van der Waals surface area contributed by atoms with Crippen molar-refractivity contribution in [3.05, 3.63) is 54.1 Å². The average molecular weight is 304 g/mol. The van der Waals surface area contributed by atoms with Crippen molar-refractivity contribution in [2.45, 2.75) is 39.0 Å². The van der Waals surface area contributed by atoms with E-state index in [2.05, 4.69) is 6.92 Å². The summed E-state index contributed by atoms with van der Waals surface area (Å²) in [6.45, 7) is 2.58. The number of ether oxygens (including phenoxy) is 1. The summed E-state index contributed by atoms with van der Waals surface area (Å²) in [5, 5.41) is 0. The lowest BCUT2D eigenvalue weighted by Gasteiger charge is -2.10. The Kier molecular flexibility index (Phi) is 6.38. The highest BCUT2D eigenvalue weighted by molar-refractivity contribution is 5.65. The molecular weight excluding hydrogens is 282 g/mol. The highest BCUT2D eigenvalue weighted by Crippen LogP contribution is 2.29. The van der Waals surface area contributed by atoms with Crippen LogP contribution in [-0.2, 0) is 0 Å². The van der Waals surface area contributed by atoms with Crippen LogP contribution in [0.15, 0.2) is 42.5 Å². The fourth-order valence-electron chi connectivity index (χ4n) is 2.37. The lowest BCUT2D eigenvalue weighted by Crippen LogP contribution is -2.01. The fourth-order valence-corrected chi connectivity index (χ4v) is 2.37. The molecule has 2 rings (SSSR count). The van der Waals surface area contributed by atoms with Gasteiger partial charge >= 0.3 is 0 Å². The van der Waals surface area contributed by atoms with Gasteiger partial charge in [-0.3, -0.25) is 0 Å². The van der Waals surface area contributed by atoms with Crippen molar-refractivity contribution in [3.8, 4) is 16.9 Å². The van der Waals surface area contributed by atoms with Crippen LogP contribution in [0.1, 0.15) is 39.0 Å². The maximum absolute atomic E-state index is 14.2. The lowest BCUT2D eigenvalue weighted by atomic mass is 10.0. The van der Waals surface area contributed by atoms with E-state index in [-0.39, 0.29) is 11.3 Å². The molecule has 0 unspecified atom stereocenters. The second-order valence-electron chi connectivity index (χ2n) is 5.37. The third-order valence-corrected chi connectivity index (χ3v) is 3.64. The second-order valence-corrected chi connectivity index (χ2v) is 5.37. The molecule has 0 heterocycles. The van der Waals surface area contributed by atoms with Crippen molar-refractivity contribution in [2.75, 3.05) is 6.61 Å². The molecule has 22 heavy (non-hydrogen) atoms. The van der Waals surface area contributed by atoms with E-state index in [1.54, 1.807) is 30.3 Å². The van der Waals surface area contributed by atoms with Gasteiger partial charge in [0.1, 0.15) is 0 Å². The van der Waals surface area contributed by atoms with Crippen molar-refractivity contribution in [3.63, 3.8) is 0 Å². The molecular formula is C19H22F2O. The van der Waals surface area contributed by atoms with Crippen LogP contribution in [0.5, 0.6) is 5.75 Å².